The number of para-hydroxylation sites is 1. The predicted octanol–water partition coefficient (Wildman–Crippen LogP) is 2.37. The van der Waals surface area contributed by atoms with Crippen LogP contribution < -0.4 is 4.74 Å². The third-order valence-electron chi connectivity index (χ3n) is 2.33. The number of ether oxygens (including phenoxy) is 1. The number of nitrogens with zero attached hydrogens (tertiary/aromatic N) is 1. The summed E-state index contributed by atoms with van der Waals surface area (Å²) in [6.07, 6.45) is 1.32. The number of hydrogen-bond acceptors (Lipinski definition) is 3. The van der Waals surface area contributed by atoms with Gasteiger partial charge in [0.2, 0.25) is 5.91 Å². The molecule has 0 N–H and O–H groups in total. The van der Waals surface area contributed by atoms with Crippen molar-refractivity contribution >= 4 is 22.8 Å². The van der Waals surface area contributed by atoms with Gasteiger partial charge < -0.3 is 4.74 Å². The van der Waals surface area contributed by atoms with E-state index in [1.165, 1.54) is 32.2 Å². The molecule has 2 rings (SSSR count). The second-order valence-electron chi connectivity index (χ2n) is 3.61. The van der Waals surface area contributed by atoms with Crippen LogP contribution in [0.15, 0.2) is 24.4 Å². The van der Waals surface area contributed by atoms with Gasteiger partial charge in [-0.3, -0.25) is 14.2 Å². The summed E-state index contributed by atoms with van der Waals surface area (Å²) < 4.78 is 19.7. The summed E-state index contributed by atoms with van der Waals surface area (Å²) in [5.41, 5.74) is 0.122. The molecule has 0 saturated carbocycles. The molecular formula is C12H10FNO3. The quantitative estimate of drug-likeness (QED) is 0.713. The van der Waals surface area contributed by atoms with E-state index in [9.17, 15) is 14.0 Å². The molecule has 0 aliphatic rings. The molecule has 0 atom stereocenters. The van der Waals surface area contributed by atoms with Gasteiger partial charge in [-0.05, 0) is 12.1 Å². The van der Waals surface area contributed by atoms with E-state index in [0.29, 0.717) is 5.39 Å². The first kappa shape index (κ1) is 11.3. The Hall–Kier alpha value is -2.17. The maximum atomic E-state index is 13.6. The Morgan fingerprint density at radius 1 is 1.29 bits per heavy atom. The normalized spacial score (nSPS) is 10.5. The summed E-state index contributed by atoms with van der Waals surface area (Å²) in [5.74, 6) is -1.21. The Bertz CT molecular complexity index is 615. The first-order valence-corrected chi connectivity index (χ1v) is 4.99. The highest BCUT2D eigenvalue weighted by Gasteiger charge is 2.16. The second kappa shape index (κ2) is 4.01. The van der Waals surface area contributed by atoms with Gasteiger partial charge in [-0.15, -0.1) is 0 Å². The van der Waals surface area contributed by atoms with Crippen molar-refractivity contribution < 1.29 is 18.7 Å². The standard InChI is InChI=1S/C12H10FNO3/c1-7(15)14-6-11(17-8(2)16)9-4-3-5-10(13)12(9)14/h3-6H,1-2H3. The highest BCUT2D eigenvalue weighted by Crippen LogP contribution is 2.29. The minimum atomic E-state index is -0.531. The number of benzene rings is 1. The summed E-state index contributed by atoms with van der Waals surface area (Å²) in [6.45, 7) is 2.56. The van der Waals surface area contributed by atoms with Crippen molar-refractivity contribution in [3.8, 4) is 5.75 Å². The molecular weight excluding hydrogens is 225 g/mol. The van der Waals surface area contributed by atoms with Crippen molar-refractivity contribution in [3.05, 3.63) is 30.2 Å². The largest absolute Gasteiger partial charge is 0.424 e. The Kier molecular flexibility index (Phi) is 2.67. The highest BCUT2D eigenvalue weighted by atomic mass is 19.1. The zero-order valence-corrected chi connectivity index (χ0v) is 9.36. The number of rotatable bonds is 1. The fraction of sp³-hybridized carbons (Fsp3) is 0.167. The van der Waals surface area contributed by atoms with Gasteiger partial charge in [-0.25, -0.2) is 4.39 Å². The highest BCUT2D eigenvalue weighted by molar-refractivity contribution is 5.96. The fourth-order valence-electron chi connectivity index (χ4n) is 1.69. The van der Waals surface area contributed by atoms with Crippen molar-refractivity contribution in [3.63, 3.8) is 0 Å². The molecule has 0 radical (unpaired) electrons. The van der Waals surface area contributed by atoms with Gasteiger partial charge in [0, 0.05) is 19.2 Å². The summed E-state index contributed by atoms with van der Waals surface area (Å²) in [4.78, 5) is 22.3. The number of carbonyl (C=O) groups excluding carboxylic acids is 2. The SMILES string of the molecule is CC(=O)Oc1cn(C(C)=O)c2c(F)cccc12. The average molecular weight is 235 g/mol. The third-order valence-corrected chi connectivity index (χ3v) is 2.33. The monoisotopic (exact) mass is 235 g/mol. The van der Waals surface area contributed by atoms with E-state index < -0.39 is 11.8 Å². The lowest BCUT2D eigenvalue weighted by Crippen LogP contribution is -2.04. The van der Waals surface area contributed by atoms with Crippen molar-refractivity contribution in [2.75, 3.05) is 0 Å². The van der Waals surface area contributed by atoms with Crippen LogP contribution in [0.3, 0.4) is 0 Å². The number of fused-ring (bicyclic) bond motifs is 1. The number of aromatic nitrogens is 1. The number of hydrogen-bond donors (Lipinski definition) is 0. The maximum Gasteiger partial charge on any atom is 0.308 e. The first-order chi connectivity index (χ1) is 8.00. The Morgan fingerprint density at radius 3 is 2.59 bits per heavy atom. The maximum absolute atomic E-state index is 13.6. The van der Waals surface area contributed by atoms with E-state index in [-0.39, 0.29) is 17.2 Å². The van der Waals surface area contributed by atoms with E-state index in [1.807, 2.05) is 0 Å². The van der Waals surface area contributed by atoms with Gasteiger partial charge in [-0.1, -0.05) is 6.07 Å². The molecule has 2 aromatic rings. The molecule has 1 aromatic carbocycles. The summed E-state index contributed by atoms with van der Waals surface area (Å²) in [7, 11) is 0. The summed E-state index contributed by atoms with van der Waals surface area (Å²) >= 11 is 0. The lowest BCUT2D eigenvalue weighted by atomic mass is 10.2. The van der Waals surface area contributed by atoms with Crippen molar-refractivity contribution in [1.29, 1.82) is 0 Å². The van der Waals surface area contributed by atoms with Crippen molar-refractivity contribution in [2.45, 2.75) is 13.8 Å². The third kappa shape index (κ3) is 1.91. The zero-order valence-electron chi connectivity index (χ0n) is 9.36. The lowest BCUT2D eigenvalue weighted by Gasteiger charge is -1.99. The lowest BCUT2D eigenvalue weighted by molar-refractivity contribution is -0.131. The molecule has 17 heavy (non-hydrogen) atoms. The molecule has 5 heteroatoms. The first-order valence-electron chi connectivity index (χ1n) is 4.99. The number of esters is 1. The van der Waals surface area contributed by atoms with Gasteiger partial charge in [-0.2, -0.15) is 0 Å². The van der Waals surface area contributed by atoms with E-state index in [2.05, 4.69) is 0 Å². The Labute approximate surface area is 96.6 Å². The van der Waals surface area contributed by atoms with Crippen LogP contribution in [-0.4, -0.2) is 16.4 Å². The summed E-state index contributed by atoms with van der Waals surface area (Å²) in [6, 6.07) is 4.34. The van der Waals surface area contributed by atoms with Gasteiger partial charge in [0.1, 0.15) is 5.82 Å². The van der Waals surface area contributed by atoms with Gasteiger partial charge in [0.15, 0.2) is 5.75 Å². The van der Waals surface area contributed by atoms with Crippen LogP contribution in [0.5, 0.6) is 5.75 Å². The Morgan fingerprint density at radius 2 is 2.00 bits per heavy atom. The molecule has 0 unspecified atom stereocenters. The smallest absolute Gasteiger partial charge is 0.308 e. The minimum Gasteiger partial charge on any atom is -0.424 e. The van der Waals surface area contributed by atoms with Crippen molar-refractivity contribution in [2.24, 2.45) is 0 Å². The minimum absolute atomic E-state index is 0.122. The van der Waals surface area contributed by atoms with E-state index in [0.717, 1.165) is 4.57 Å². The van der Waals surface area contributed by atoms with Crippen LogP contribution in [0.1, 0.15) is 18.6 Å². The van der Waals surface area contributed by atoms with E-state index in [4.69, 9.17) is 4.74 Å². The molecule has 88 valence electrons. The predicted molar refractivity (Wildman–Crippen MR) is 59.5 cm³/mol. The number of carbonyl (C=O) groups is 2. The van der Waals surface area contributed by atoms with Gasteiger partial charge >= 0.3 is 5.97 Å². The second-order valence-corrected chi connectivity index (χ2v) is 3.61. The van der Waals surface area contributed by atoms with Gasteiger partial charge in [0.05, 0.1) is 11.7 Å². The topological polar surface area (TPSA) is 48.3 Å². The Balaban J connectivity index is 2.75. The van der Waals surface area contributed by atoms with Crippen LogP contribution in [0.2, 0.25) is 0 Å². The van der Waals surface area contributed by atoms with Gasteiger partial charge in [0.25, 0.3) is 0 Å². The number of halogens is 1. The van der Waals surface area contributed by atoms with Crippen LogP contribution >= 0.6 is 0 Å². The molecule has 0 aliphatic heterocycles. The van der Waals surface area contributed by atoms with E-state index in [1.54, 1.807) is 6.07 Å². The molecule has 0 fully saturated rings. The average Bonchev–Trinajstić information content (AvgIpc) is 2.58. The van der Waals surface area contributed by atoms with Crippen LogP contribution in [-0.2, 0) is 4.79 Å². The molecule has 0 bridgehead atoms. The molecule has 0 aliphatic carbocycles. The fourth-order valence-corrected chi connectivity index (χ4v) is 1.69. The summed E-state index contributed by atoms with van der Waals surface area (Å²) in [5, 5.41) is 0.399. The molecule has 0 saturated heterocycles. The van der Waals surface area contributed by atoms with Crippen LogP contribution in [0, 0.1) is 5.82 Å². The van der Waals surface area contributed by atoms with Crippen LogP contribution in [0.25, 0.3) is 10.9 Å². The van der Waals surface area contributed by atoms with E-state index >= 15 is 0 Å². The van der Waals surface area contributed by atoms with Crippen LogP contribution in [0.4, 0.5) is 4.39 Å². The molecule has 4 nitrogen and oxygen atoms in total. The molecule has 0 spiro atoms. The molecule has 0 amide bonds. The van der Waals surface area contributed by atoms with Crippen molar-refractivity contribution in [1.82, 2.24) is 4.57 Å². The zero-order chi connectivity index (χ0) is 12.6. The molecule has 1 aromatic heterocycles. The molecule has 1 heterocycles.